The number of rotatable bonds is 13. The maximum Gasteiger partial charge on any atom is 0.172 e. The third kappa shape index (κ3) is 8.53. The van der Waals surface area contributed by atoms with Crippen LogP contribution in [0.5, 0.6) is 40.2 Å². The average Bonchev–Trinajstić information content (AvgIpc) is 3.10. The lowest BCUT2D eigenvalue weighted by Gasteiger charge is -2.18. The van der Waals surface area contributed by atoms with E-state index in [9.17, 15) is 15.3 Å². The van der Waals surface area contributed by atoms with Gasteiger partial charge in [-0.2, -0.15) is 0 Å². The van der Waals surface area contributed by atoms with Crippen molar-refractivity contribution >= 4 is 0 Å². The van der Waals surface area contributed by atoms with E-state index in [0.29, 0.717) is 42.3 Å². The van der Waals surface area contributed by atoms with E-state index in [-0.39, 0.29) is 17.2 Å². The summed E-state index contributed by atoms with van der Waals surface area (Å²) in [6.45, 7) is 0. The van der Waals surface area contributed by atoms with Gasteiger partial charge in [-0.1, -0.05) is 91.0 Å². The number of benzene rings is 6. The van der Waals surface area contributed by atoms with Crippen molar-refractivity contribution in [3.63, 3.8) is 0 Å². The van der Waals surface area contributed by atoms with Crippen LogP contribution in [0.1, 0.15) is 33.4 Å². The average molecular weight is 623 g/mol. The Bertz CT molecular complexity index is 1900. The lowest BCUT2D eigenvalue weighted by molar-refractivity contribution is 0.397. The van der Waals surface area contributed by atoms with Gasteiger partial charge in [-0.05, 0) is 109 Å². The number of phenols is 3. The van der Waals surface area contributed by atoms with Crippen molar-refractivity contribution in [1.82, 2.24) is 0 Å². The molecule has 47 heavy (non-hydrogen) atoms. The number of aromatic hydroxyl groups is 3. The first-order valence-corrected chi connectivity index (χ1v) is 16.0. The third-order valence-corrected chi connectivity index (χ3v) is 8.23. The van der Waals surface area contributed by atoms with Gasteiger partial charge in [0.05, 0.1) is 0 Å². The van der Waals surface area contributed by atoms with Gasteiger partial charge in [0, 0.05) is 11.6 Å². The van der Waals surface area contributed by atoms with Crippen LogP contribution in [0.3, 0.4) is 0 Å². The number of aryl methyl sites for hydroxylation is 6. The molecule has 0 aliphatic heterocycles. The first-order chi connectivity index (χ1) is 23.0. The van der Waals surface area contributed by atoms with Crippen molar-refractivity contribution in [1.29, 1.82) is 0 Å². The number of ether oxygens (including phenoxy) is 2. The molecule has 0 bridgehead atoms. The molecular weight excluding hydrogens is 584 g/mol. The maximum atomic E-state index is 11.4. The third-order valence-electron chi connectivity index (χ3n) is 8.23. The second-order valence-electron chi connectivity index (χ2n) is 11.7. The van der Waals surface area contributed by atoms with Crippen LogP contribution in [0.25, 0.3) is 0 Å². The summed E-state index contributed by atoms with van der Waals surface area (Å²) in [4.78, 5) is 0. The SMILES string of the molecule is Oc1ccc(Oc2cc(O)c(Oc3ccc(O)cc3CCc3ccccc3)c(CCc3ccccc3)c2)c(CCc2ccccc2)c1. The molecule has 5 heteroatoms. The quantitative estimate of drug-likeness (QED) is 0.120. The summed E-state index contributed by atoms with van der Waals surface area (Å²) in [6.07, 6.45) is 4.23. The molecule has 3 N–H and O–H groups in total. The fraction of sp³-hybridized carbons (Fsp3) is 0.143. The predicted octanol–water partition coefficient (Wildman–Crippen LogP) is 9.74. The Morgan fingerprint density at radius 1 is 0.383 bits per heavy atom. The fourth-order valence-electron chi connectivity index (χ4n) is 5.74. The topological polar surface area (TPSA) is 79.2 Å². The molecule has 0 unspecified atom stereocenters. The molecule has 6 aromatic carbocycles. The molecule has 0 aromatic heterocycles. The zero-order valence-electron chi connectivity index (χ0n) is 26.2. The summed E-state index contributed by atoms with van der Waals surface area (Å²) in [5, 5.41) is 32.0. The Morgan fingerprint density at radius 3 is 1.28 bits per heavy atom. The summed E-state index contributed by atoms with van der Waals surface area (Å²) < 4.78 is 12.9. The summed E-state index contributed by atoms with van der Waals surface area (Å²) in [7, 11) is 0. The normalized spacial score (nSPS) is 10.9. The monoisotopic (exact) mass is 622 g/mol. The zero-order chi connectivity index (χ0) is 32.4. The molecule has 0 fully saturated rings. The molecule has 236 valence electrons. The lowest BCUT2D eigenvalue weighted by atomic mass is 10.0. The number of hydrogen-bond acceptors (Lipinski definition) is 5. The van der Waals surface area contributed by atoms with Crippen LogP contribution in [0.4, 0.5) is 0 Å². The Labute approximate surface area is 276 Å². The van der Waals surface area contributed by atoms with Crippen molar-refractivity contribution in [3.8, 4) is 40.2 Å². The molecule has 0 saturated carbocycles. The highest BCUT2D eigenvalue weighted by molar-refractivity contribution is 5.55. The van der Waals surface area contributed by atoms with Gasteiger partial charge in [-0.15, -0.1) is 0 Å². The van der Waals surface area contributed by atoms with E-state index in [1.54, 1.807) is 42.5 Å². The van der Waals surface area contributed by atoms with E-state index < -0.39 is 0 Å². The van der Waals surface area contributed by atoms with Gasteiger partial charge in [0.1, 0.15) is 28.7 Å². The summed E-state index contributed by atoms with van der Waals surface area (Å²) in [5.74, 6) is 2.31. The van der Waals surface area contributed by atoms with Gasteiger partial charge in [0.15, 0.2) is 11.5 Å². The van der Waals surface area contributed by atoms with E-state index in [1.165, 1.54) is 16.7 Å². The van der Waals surface area contributed by atoms with Crippen LogP contribution in [0.2, 0.25) is 0 Å². The minimum atomic E-state index is -0.0442. The molecule has 6 rings (SSSR count). The van der Waals surface area contributed by atoms with E-state index in [2.05, 4.69) is 36.4 Å². The minimum Gasteiger partial charge on any atom is -0.508 e. The molecule has 0 aliphatic carbocycles. The van der Waals surface area contributed by atoms with Crippen LogP contribution in [-0.4, -0.2) is 15.3 Å². The van der Waals surface area contributed by atoms with Gasteiger partial charge >= 0.3 is 0 Å². The molecule has 0 atom stereocenters. The predicted molar refractivity (Wildman–Crippen MR) is 186 cm³/mol. The van der Waals surface area contributed by atoms with Gasteiger partial charge in [0.2, 0.25) is 0 Å². The van der Waals surface area contributed by atoms with Gasteiger partial charge < -0.3 is 24.8 Å². The van der Waals surface area contributed by atoms with Crippen LogP contribution in [0, 0.1) is 0 Å². The fourth-order valence-corrected chi connectivity index (χ4v) is 5.74. The molecule has 0 aliphatic rings. The van der Waals surface area contributed by atoms with Crippen molar-refractivity contribution in [3.05, 3.63) is 173 Å². The highest BCUT2D eigenvalue weighted by Gasteiger charge is 2.18. The maximum absolute atomic E-state index is 11.4. The highest BCUT2D eigenvalue weighted by Crippen LogP contribution is 2.42. The highest BCUT2D eigenvalue weighted by atomic mass is 16.5. The van der Waals surface area contributed by atoms with E-state index in [4.69, 9.17) is 9.47 Å². The van der Waals surface area contributed by atoms with Gasteiger partial charge in [-0.25, -0.2) is 0 Å². The lowest BCUT2D eigenvalue weighted by Crippen LogP contribution is -2.01. The number of hydrogen-bond donors (Lipinski definition) is 3. The Balaban J connectivity index is 1.29. The zero-order valence-corrected chi connectivity index (χ0v) is 26.2. The van der Waals surface area contributed by atoms with Crippen LogP contribution in [-0.2, 0) is 38.5 Å². The van der Waals surface area contributed by atoms with Crippen molar-refractivity contribution in [2.24, 2.45) is 0 Å². The van der Waals surface area contributed by atoms with E-state index in [0.717, 1.165) is 36.0 Å². The van der Waals surface area contributed by atoms with Crippen LogP contribution >= 0.6 is 0 Å². The van der Waals surface area contributed by atoms with E-state index in [1.807, 2.05) is 60.7 Å². The van der Waals surface area contributed by atoms with Crippen molar-refractivity contribution in [2.45, 2.75) is 38.5 Å². The largest absolute Gasteiger partial charge is 0.508 e. The number of phenolic OH excluding ortho intramolecular Hbond substituents is 3. The summed E-state index contributed by atoms with van der Waals surface area (Å²) >= 11 is 0. The molecule has 6 aromatic rings. The molecule has 0 heterocycles. The van der Waals surface area contributed by atoms with Gasteiger partial charge in [-0.3, -0.25) is 0 Å². The second kappa shape index (κ2) is 15.1. The first-order valence-electron chi connectivity index (χ1n) is 16.0. The van der Waals surface area contributed by atoms with Crippen molar-refractivity contribution in [2.75, 3.05) is 0 Å². The smallest absolute Gasteiger partial charge is 0.172 e. The molecule has 0 radical (unpaired) electrons. The van der Waals surface area contributed by atoms with Crippen LogP contribution < -0.4 is 9.47 Å². The van der Waals surface area contributed by atoms with Gasteiger partial charge in [0.25, 0.3) is 0 Å². The Kier molecular flexibility index (Phi) is 10.0. The summed E-state index contributed by atoms with van der Waals surface area (Å²) in [6, 6.07) is 44.2. The molecular formula is C42H38O5. The van der Waals surface area contributed by atoms with Crippen molar-refractivity contribution < 1.29 is 24.8 Å². The Hall–Kier alpha value is -5.68. The minimum absolute atomic E-state index is 0.0442. The standard InChI is InChI=1S/C42H38O5/c43-36-22-24-40(33(26-36)19-16-30-10-4-1-5-11-30)46-38-28-35(21-18-32-14-8-3-9-15-32)42(39(45)29-38)47-41-25-23-37(44)27-34(41)20-17-31-12-6-2-7-13-31/h1-15,22-29,43-45H,16-21H2. The first kappa shape index (κ1) is 31.3. The van der Waals surface area contributed by atoms with E-state index >= 15 is 0 Å². The Morgan fingerprint density at radius 2 is 0.809 bits per heavy atom. The second-order valence-corrected chi connectivity index (χ2v) is 11.7. The molecule has 5 nitrogen and oxygen atoms in total. The molecule has 0 spiro atoms. The van der Waals surface area contributed by atoms with Crippen LogP contribution in [0.15, 0.2) is 140 Å². The molecule has 0 saturated heterocycles. The summed E-state index contributed by atoms with van der Waals surface area (Å²) in [5.41, 5.74) is 6.05. The molecule has 0 amide bonds.